The topological polar surface area (TPSA) is 73.9 Å². The van der Waals surface area contributed by atoms with E-state index in [0.29, 0.717) is 23.0 Å². The average Bonchev–Trinajstić information content (AvgIpc) is 2.28. The Bertz CT molecular complexity index is 402. The number of nitrogen functional groups attached to an aromatic ring is 1. The molecule has 18 heavy (non-hydrogen) atoms. The highest BCUT2D eigenvalue weighted by Crippen LogP contribution is 2.35. The minimum atomic E-state index is 0.236. The fraction of sp³-hybridized carbons (Fsp3) is 0.750. The van der Waals surface area contributed by atoms with Crippen LogP contribution in [0.25, 0.3) is 0 Å². The van der Waals surface area contributed by atoms with E-state index in [1.807, 2.05) is 6.92 Å². The lowest BCUT2D eigenvalue weighted by atomic mass is 9.91. The van der Waals surface area contributed by atoms with Crippen molar-refractivity contribution in [1.82, 2.24) is 15.0 Å². The molecule has 100 valence electrons. The third-order valence-corrected chi connectivity index (χ3v) is 4.20. The summed E-state index contributed by atoms with van der Waals surface area (Å²) in [6, 6.07) is 0.330. The normalized spacial score (nSPS) is 23.9. The standard InChI is InChI=1S/C12H20N4OS/c1-3-17-11-14-10(13)15-12(16-11)18-9-6-4-5-8(2)7-9/h8-9H,3-7H2,1-2H3,(H2,13,14,15,16). The molecule has 2 unspecified atom stereocenters. The minimum absolute atomic E-state index is 0.236. The smallest absolute Gasteiger partial charge is 0.322 e. The van der Waals surface area contributed by atoms with Crippen LogP contribution in [0.3, 0.4) is 0 Å². The van der Waals surface area contributed by atoms with E-state index in [9.17, 15) is 0 Å². The van der Waals surface area contributed by atoms with Crippen LogP contribution in [0, 0.1) is 5.92 Å². The summed E-state index contributed by atoms with van der Waals surface area (Å²) in [4.78, 5) is 12.4. The van der Waals surface area contributed by atoms with Gasteiger partial charge in [0.05, 0.1) is 6.61 Å². The fourth-order valence-corrected chi connectivity index (χ4v) is 3.52. The Morgan fingerprint density at radius 3 is 2.89 bits per heavy atom. The lowest BCUT2D eigenvalue weighted by molar-refractivity contribution is 0.308. The Hall–Kier alpha value is -1.04. The van der Waals surface area contributed by atoms with E-state index in [0.717, 1.165) is 5.92 Å². The fourth-order valence-electron chi connectivity index (χ4n) is 2.23. The zero-order valence-corrected chi connectivity index (χ0v) is 11.7. The van der Waals surface area contributed by atoms with Crippen LogP contribution >= 0.6 is 11.8 Å². The SMILES string of the molecule is CCOc1nc(N)nc(SC2CCCC(C)C2)n1. The van der Waals surface area contributed by atoms with Gasteiger partial charge in [-0.05, 0) is 25.7 Å². The molecule has 2 atom stereocenters. The van der Waals surface area contributed by atoms with Gasteiger partial charge < -0.3 is 10.5 Å². The van der Waals surface area contributed by atoms with Crippen LogP contribution in [0.2, 0.25) is 0 Å². The molecule has 1 saturated carbocycles. The van der Waals surface area contributed by atoms with Gasteiger partial charge in [0.1, 0.15) is 0 Å². The maximum atomic E-state index is 5.67. The van der Waals surface area contributed by atoms with Crippen LogP contribution in [-0.4, -0.2) is 26.8 Å². The summed E-state index contributed by atoms with van der Waals surface area (Å²) in [5, 5.41) is 1.27. The Labute approximate surface area is 112 Å². The van der Waals surface area contributed by atoms with Crippen molar-refractivity contribution in [2.45, 2.75) is 49.9 Å². The van der Waals surface area contributed by atoms with Crippen molar-refractivity contribution in [2.75, 3.05) is 12.3 Å². The van der Waals surface area contributed by atoms with E-state index in [1.165, 1.54) is 25.7 Å². The van der Waals surface area contributed by atoms with Gasteiger partial charge in [-0.25, -0.2) is 0 Å². The molecule has 1 aliphatic rings. The van der Waals surface area contributed by atoms with E-state index >= 15 is 0 Å². The van der Waals surface area contributed by atoms with Crippen molar-refractivity contribution in [3.05, 3.63) is 0 Å². The summed E-state index contributed by atoms with van der Waals surface area (Å²) in [6.07, 6.45) is 5.07. The lowest BCUT2D eigenvalue weighted by Crippen LogP contribution is -2.16. The van der Waals surface area contributed by atoms with Crippen molar-refractivity contribution < 1.29 is 4.74 Å². The molecule has 0 bridgehead atoms. The molecule has 1 fully saturated rings. The first kappa shape index (κ1) is 13.4. The monoisotopic (exact) mass is 268 g/mol. The molecule has 6 heteroatoms. The van der Waals surface area contributed by atoms with Crippen molar-refractivity contribution in [3.8, 4) is 6.01 Å². The first-order chi connectivity index (χ1) is 8.67. The van der Waals surface area contributed by atoms with Crippen LogP contribution < -0.4 is 10.5 Å². The second-order valence-corrected chi connectivity index (χ2v) is 5.97. The first-order valence-corrected chi connectivity index (χ1v) is 7.36. The van der Waals surface area contributed by atoms with Gasteiger partial charge in [-0.3, -0.25) is 0 Å². The van der Waals surface area contributed by atoms with E-state index in [-0.39, 0.29) is 5.95 Å². The van der Waals surface area contributed by atoms with Crippen molar-refractivity contribution in [3.63, 3.8) is 0 Å². The van der Waals surface area contributed by atoms with Crippen molar-refractivity contribution >= 4 is 17.7 Å². The summed E-state index contributed by atoms with van der Waals surface area (Å²) in [5.74, 6) is 1.03. The minimum Gasteiger partial charge on any atom is -0.464 e. The molecule has 0 aliphatic heterocycles. The van der Waals surface area contributed by atoms with Gasteiger partial charge in [0.25, 0.3) is 0 Å². The highest BCUT2D eigenvalue weighted by Gasteiger charge is 2.21. The van der Waals surface area contributed by atoms with E-state index in [1.54, 1.807) is 11.8 Å². The molecule has 2 N–H and O–H groups in total. The lowest BCUT2D eigenvalue weighted by Gasteiger charge is -2.25. The van der Waals surface area contributed by atoms with Crippen LogP contribution in [-0.2, 0) is 0 Å². The summed E-state index contributed by atoms with van der Waals surface area (Å²) in [6.45, 7) is 4.74. The molecule has 0 aromatic carbocycles. The molecule has 1 heterocycles. The second-order valence-electron chi connectivity index (χ2n) is 4.70. The van der Waals surface area contributed by atoms with Crippen LogP contribution in [0.15, 0.2) is 5.16 Å². The van der Waals surface area contributed by atoms with Gasteiger partial charge in [-0.1, -0.05) is 31.5 Å². The van der Waals surface area contributed by atoms with Crippen LogP contribution in [0.4, 0.5) is 5.95 Å². The number of nitrogens with zero attached hydrogens (tertiary/aromatic N) is 3. The number of hydrogen-bond acceptors (Lipinski definition) is 6. The van der Waals surface area contributed by atoms with Crippen LogP contribution in [0.1, 0.15) is 39.5 Å². The average molecular weight is 268 g/mol. The highest BCUT2D eigenvalue weighted by atomic mass is 32.2. The van der Waals surface area contributed by atoms with Gasteiger partial charge in [-0.15, -0.1) is 0 Å². The Kier molecular flexibility index (Phi) is 4.63. The number of rotatable bonds is 4. The van der Waals surface area contributed by atoms with E-state index < -0.39 is 0 Å². The molecule has 1 aromatic heterocycles. The van der Waals surface area contributed by atoms with Gasteiger partial charge in [-0.2, -0.15) is 15.0 Å². The molecule has 1 aliphatic carbocycles. The van der Waals surface area contributed by atoms with Gasteiger partial charge in [0, 0.05) is 5.25 Å². The third-order valence-electron chi connectivity index (χ3n) is 3.05. The number of nitrogens with two attached hydrogens (primary N) is 1. The van der Waals surface area contributed by atoms with E-state index in [4.69, 9.17) is 10.5 Å². The Morgan fingerprint density at radius 1 is 1.33 bits per heavy atom. The number of thioether (sulfide) groups is 1. The third kappa shape index (κ3) is 3.73. The molecule has 0 spiro atoms. The maximum absolute atomic E-state index is 5.67. The maximum Gasteiger partial charge on any atom is 0.322 e. The van der Waals surface area contributed by atoms with Gasteiger partial charge in [0.15, 0.2) is 5.16 Å². The van der Waals surface area contributed by atoms with E-state index in [2.05, 4.69) is 21.9 Å². The molecule has 0 amide bonds. The highest BCUT2D eigenvalue weighted by molar-refractivity contribution is 7.99. The van der Waals surface area contributed by atoms with Gasteiger partial charge in [0.2, 0.25) is 5.95 Å². The molecular formula is C12H20N4OS. The van der Waals surface area contributed by atoms with Crippen molar-refractivity contribution in [1.29, 1.82) is 0 Å². The second kappa shape index (κ2) is 6.22. The van der Waals surface area contributed by atoms with Gasteiger partial charge >= 0.3 is 6.01 Å². The summed E-state index contributed by atoms with van der Waals surface area (Å²) >= 11 is 1.70. The predicted molar refractivity (Wildman–Crippen MR) is 72.7 cm³/mol. The molecule has 0 radical (unpaired) electrons. The number of hydrogen-bond donors (Lipinski definition) is 1. The Morgan fingerprint density at radius 2 is 2.17 bits per heavy atom. The summed E-state index contributed by atoms with van der Waals surface area (Å²) < 4.78 is 5.28. The predicted octanol–water partition coefficient (Wildman–Crippen LogP) is 2.52. The quantitative estimate of drug-likeness (QED) is 0.904. The summed E-state index contributed by atoms with van der Waals surface area (Å²) in [7, 11) is 0. The molecule has 5 nitrogen and oxygen atoms in total. The molecule has 0 saturated heterocycles. The molecule has 2 rings (SSSR count). The summed E-state index contributed by atoms with van der Waals surface area (Å²) in [5.41, 5.74) is 5.67. The largest absolute Gasteiger partial charge is 0.464 e. The number of aromatic nitrogens is 3. The van der Waals surface area contributed by atoms with Crippen molar-refractivity contribution in [2.24, 2.45) is 5.92 Å². The zero-order chi connectivity index (χ0) is 13.0. The van der Waals surface area contributed by atoms with Crippen LogP contribution in [0.5, 0.6) is 6.01 Å². The Balaban J connectivity index is 2.03. The molecular weight excluding hydrogens is 248 g/mol. The molecule has 1 aromatic rings. The first-order valence-electron chi connectivity index (χ1n) is 6.48. The number of ether oxygens (including phenoxy) is 1. The number of anilines is 1. The zero-order valence-electron chi connectivity index (χ0n) is 10.9.